The van der Waals surface area contributed by atoms with Crippen LogP contribution >= 0.6 is 23.5 Å². The Morgan fingerprint density at radius 1 is 0.338 bits per heavy atom. The number of aliphatic hydroxyl groups excluding tert-OH is 10. The Hall–Kier alpha value is -9.32. The molecule has 0 amide bonds. The molecule has 5 aliphatic heterocycles. The van der Waals surface area contributed by atoms with E-state index >= 15 is 0 Å². The highest BCUT2D eigenvalue weighted by Gasteiger charge is 2.52. The molecule has 0 saturated carbocycles. The van der Waals surface area contributed by atoms with Crippen LogP contribution in [0.2, 0.25) is 0 Å². The van der Waals surface area contributed by atoms with Crippen LogP contribution in [0.1, 0.15) is 56.8 Å². The number of aliphatic hydroxyl groups is 10. The van der Waals surface area contributed by atoms with Gasteiger partial charge in [0.2, 0.25) is 0 Å². The number of ether oxygens (including phenoxy) is 5. The third kappa shape index (κ3) is 27.2. The molecule has 6 unspecified atom stereocenters. The summed E-state index contributed by atoms with van der Waals surface area (Å²) < 4.78 is 79.8. The number of phosphoric acid groups is 3. The number of imidazole rings is 5. The van der Waals surface area contributed by atoms with Crippen molar-refractivity contribution in [3.05, 3.63) is 63.3 Å². The van der Waals surface area contributed by atoms with Gasteiger partial charge in [0.15, 0.2) is 88.5 Å². The van der Waals surface area contributed by atoms with Crippen LogP contribution in [0.25, 0.3) is 55.8 Å². The van der Waals surface area contributed by atoms with Crippen LogP contribution in [-0.2, 0) is 113 Å². The molecule has 139 heavy (non-hydrogen) atoms. The Morgan fingerprint density at radius 3 is 0.741 bits per heavy atom. The number of rotatable bonds is 36. The molecule has 32 N–H and O–H groups in total. The molecule has 69 heteroatoms. The summed E-state index contributed by atoms with van der Waals surface area (Å²) in [5.41, 5.74) is 54.3. The number of hydrogen-bond donors (Lipinski definition) is 23. The van der Waals surface area contributed by atoms with Crippen molar-refractivity contribution < 1.29 is 161 Å². The lowest BCUT2D eigenvalue weighted by molar-refractivity contribution is -0.339. The summed E-state index contributed by atoms with van der Waals surface area (Å²) in [6.45, 7) is -1.08. The van der Waals surface area contributed by atoms with Crippen molar-refractivity contribution in [1.82, 2.24) is 97.6 Å². The molecule has 10 aromatic rings. The van der Waals surface area contributed by atoms with Crippen LogP contribution in [0.3, 0.4) is 0 Å². The standard InChI is InChI=1S/4C15H22N6O5S.C10H16N5O13P3/c4*1-27(3-2-7(16)15(24)25)4-8-10(22)11(23)14(26-8)21-6-20-9-12(17)18-5-19-13(9)21;11-8-5-9(13-2-12-8)15(3-14-5)10-7(17)6(16)4(26-10)1-25-30(21,22)28-31(23,24)27-29(18,19)20/h4*5-8,10-11,14,22-23H,2-4,16H2,1H3,(H2-,17,18,19,24,25);2-4,6-7,10,16-17H,1H2,(H,21,22)(H,23,24)(H2,11,12,13)(H2,18,19,20)/t4*7-,8+,10+,11+,14+,27?;4-,6-,7-,10-/m00001/s1. The number of hydrogen-bond acceptors (Lipinski definition) is 53. The second-order valence-electron chi connectivity index (χ2n) is 32.0. The number of carbonyl (C=O) groups is 4. The molecule has 62 nitrogen and oxygen atoms in total. The smallest absolute Gasteiger partial charge is 0.320 e. The van der Waals surface area contributed by atoms with Gasteiger partial charge >= 0.3 is 23.9 Å². The van der Waals surface area contributed by atoms with Crippen LogP contribution in [0, 0.1) is 0 Å². The van der Waals surface area contributed by atoms with Gasteiger partial charge in [-0.15, -0.1) is 0 Å². The van der Waals surface area contributed by atoms with E-state index in [0.717, 1.165) is 12.7 Å². The van der Waals surface area contributed by atoms with Crippen molar-refractivity contribution >= 4 is 176 Å². The van der Waals surface area contributed by atoms with Gasteiger partial charge in [0.1, 0.15) is 221 Å². The number of nitrogens with zero attached hydrogens (tertiary/aromatic N) is 20. The summed E-state index contributed by atoms with van der Waals surface area (Å²) in [6.07, 6.45) is 1.24. The molecule has 0 spiro atoms. The highest BCUT2D eigenvalue weighted by atomic mass is 32.2. The summed E-state index contributed by atoms with van der Waals surface area (Å²) in [5, 5.41) is 139. The molecule has 0 radical (unpaired) electrons. The largest absolute Gasteiger partial charge is 0.790 e. The number of aliphatic carboxylic acids is 4. The fourth-order valence-corrected chi connectivity index (χ4v) is 24.0. The van der Waals surface area contributed by atoms with Gasteiger partial charge in [-0.05, 0) is 43.6 Å². The minimum atomic E-state index is -6.14. The highest BCUT2D eigenvalue weighted by molar-refractivity contribution is 7.97. The monoisotopic (exact) mass is 2100 g/mol. The Morgan fingerprint density at radius 2 is 0.540 bits per heavy atom. The molecule has 5 saturated heterocycles. The summed E-state index contributed by atoms with van der Waals surface area (Å²) in [6, 6.07) is -3.63. The SMILES string of the molecule is C[S+](CC[C@H](N)C(=O)O)C[C@H]1O[C@@H](n2cnc3c(N)ncnc32)[C@H](O)[C@@H]1O.C[S+](CC[C@H](N)C(=O)O)C[C@H]1O[C@@H](n2cnc3c(N)ncnc32)[C@H](O)[C@@H]1O.C[S+](CC[C@H](N)C(=O)O)C[C@H]1O[C@@H](n2cnc3c(N)ncnc32)[C@H](O)[C@@H]1O.C[S+](CC[C@H](N)C(=O)O)C[C@H]1O[C@@H](n2cnc3c(N)ncnc32)[C@H](O)[C@@H]1O.Nc1ncnc2c1ncn2[C@@H]1O[C@H](COP(=O)([O-])OP(=O)([O-])OP(=O)([O-])[O-])[C@@H](O)[C@H]1O. The fourth-order valence-electron chi connectivity index (χ4n) is 14.5. The number of nitrogen functional groups attached to an aromatic ring is 5. The van der Waals surface area contributed by atoms with Crippen molar-refractivity contribution in [3.63, 3.8) is 0 Å². The molecule has 0 aromatic carbocycles. The fraction of sp³-hybridized carbons (Fsp3) is 0.586. The quantitative estimate of drug-likeness (QED) is 0.0128. The van der Waals surface area contributed by atoms with Crippen molar-refractivity contribution in [1.29, 1.82) is 0 Å². The lowest BCUT2D eigenvalue weighted by Crippen LogP contribution is -2.37. The highest BCUT2D eigenvalue weighted by Crippen LogP contribution is 2.61. The second kappa shape index (κ2) is 47.3. The Kier molecular flexibility index (Phi) is 37.4. The zero-order chi connectivity index (χ0) is 102. The zero-order valence-corrected chi connectivity index (χ0v) is 79.4. The number of anilines is 5. The predicted octanol–water partition coefficient (Wildman–Crippen LogP) is -11.8. The molecular weight excluding hydrogens is 2000 g/mol. The average molecular weight is 2100 g/mol. The zero-order valence-electron chi connectivity index (χ0n) is 73.5. The topological polar surface area (TPSA) is 1020 Å². The lowest BCUT2D eigenvalue weighted by atomic mass is 10.1. The molecule has 5 fully saturated rings. The third-order valence-corrected chi connectivity index (χ3v) is 32.9. The summed E-state index contributed by atoms with van der Waals surface area (Å²) in [4.78, 5) is 147. The first-order chi connectivity index (χ1) is 65.4. The minimum absolute atomic E-state index is 0.0195. The number of phosphoric ester groups is 1. The van der Waals surface area contributed by atoms with Crippen molar-refractivity contribution in [2.75, 3.05) is 106 Å². The maximum Gasteiger partial charge on any atom is 0.320 e. The Labute approximate surface area is 795 Å². The summed E-state index contributed by atoms with van der Waals surface area (Å²) >= 11 is 0. The molecule has 766 valence electrons. The van der Waals surface area contributed by atoms with Crippen LogP contribution in [0.15, 0.2) is 63.3 Å². The van der Waals surface area contributed by atoms with E-state index in [1.54, 1.807) is 0 Å². The van der Waals surface area contributed by atoms with Crippen molar-refractivity contribution in [3.8, 4) is 0 Å². The number of carboxylic acids is 4. The van der Waals surface area contributed by atoms with Crippen LogP contribution in [-0.4, -0.2) is 386 Å². The van der Waals surface area contributed by atoms with E-state index in [4.69, 9.17) is 95.7 Å². The van der Waals surface area contributed by atoms with Crippen LogP contribution < -0.4 is 71.2 Å². The average Bonchev–Trinajstić information content (AvgIpc) is 1.64. The van der Waals surface area contributed by atoms with E-state index in [1.807, 2.05) is 25.0 Å². The van der Waals surface area contributed by atoms with Crippen LogP contribution in [0.4, 0.5) is 29.1 Å². The van der Waals surface area contributed by atoms with Gasteiger partial charge in [0.25, 0.3) is 15.6 Å². The molecule has 0 bridgehead atoms. The molecule has 30 atom stereocenters. The molecule has 15 heterocycles. The van der Waals surface area contributed by atoms with Gasteiger partial charge < -0.3 is 175 Å². The maximum absolute atomic E-state index is 11.6. The van der Waals surface area contributed by atoms with E-state index in [9.17, 15) is 104 Å². The number of carboxylic acid groups (broad SMARTS) is 4. The first kappa shape index (κ1) is 110. The first-order valence-corrected chi connectivity index (χ1v) is 53.4. The van der Waals surface area contributed by atoms with Gasteiger partial charge in [-0.1, -0.05) is 0 Å². The second-order valence-corrected chi connectivity index (χ2v) is 45.5. The number of fused-ring (bicyclic) bond motifs is 5. The molecular formula is C70H104N29O33P3S4. The van der Waals surface area contributed by atoms with E-state index in [0.29, 0.717) is 116 Å². The Balaban J connectivity index is 0.000000167. The van der Waals surface area contributed by atoms with Crippen molar-refractivity contribution in [2.45, 2.75) is 173 Å². The maximum atomic E-state index is 11.6. The van der Waals surface area contributed by atoms with Crippen molar-refractivity contribution in [2.24, 2.45) is 22.9 Å². The van der Waals surface area contributed by atoms with E-state index in [-0.39, 0.29) is 83.8 Å². The lowest BCUT2D eigenvalue weighted by Gasteiger charge is -2.37. The van der Waals surface area contributed by atoms with E-state index in [1.165, 1.54) is 73.5 Å². The molecule has 5 aliphatic rings. The minimum Gasteiger partial charge on any atom is -0.790 e. The van der Waals surface area contributed by atoms with E-state index in [2.05, 4.69) is 87.9 Å². The van der Waals surface area contributed by atoms with Crippen LogP contribution in [0.5, 0.6) is 0 Å². The van der Waals surface area contributed by atoms with Gasteiger partial charge in [0, 0.05) is 25.7 Å². The Bertz CT molecular complexity index is 5500. The van der Waals surface area contributed by atoms with Gasteiger partial charge in [0.05, 0.1) is 71.1 Å². The summed E-state index contributed by atoms with van der Waals surface area (Å²) in [7, 11) is -19.0. The molecule has 10 aromatic heterocycles. The first-order valence-electron chi connectivity index (χ1n) is 41.1. The number of nitrogens with two attached hydrogens (primary N) is 9. The third-order valence-electron chi connectivity index (χ3n) is 22.0. The van der Waals surface area contributed by atoms with Gasteiger partial charge in [-0.25, -0.2) is 79.1 Å². The van der Waals surface area contributed by atoms with Gasteiger partial charge in [-0.3, -0.25) is 55.5 Å². The molecule has 0 aliphatic carbocycles. The summed E-state index contributed by atoms with van der Waals surface area (Å²) in [5.74, 6) is 1.04. The predicted molar refractivity (Wildman–Crippen MR) is 482 cm³/mol. The molecule has 15 rings (SSSR count). The number of aromatic nitrogens is 20. The van der Waals surface area contributed by atoms with Gasteiger partial charge in [-0.2, -0.15) is 0 Å². The normalized spacial score (nSPS) is 27.9. The van der Waals surface area contributed by atoms with E-state index < -0.39 is 201 Å².